The standard InChI is InChI=1S/C13H25N.C12H25NO.2C12H25N.C11H21NO.C11H23N.C10H21NO2S.C10H21NOS.C9H19NS/c1-11(2,3)10-13(7-8-13)9-14(10)12(4,5)6;1-11(2,3)10-9-14-8-7-13(10)12(4,5)6;1-11(2,3)10-8-7-9-13(10)12(4,5)6;1-10(2)11-8-6-7-9-13(11)12(3,4)5;1-8(2)12-7-9(13)6-10(12)11(3,4)5;1-10(2,3)9-7-8-12(9)11(4,5)6;1-8(2)11-7-14(12,13)6-9(11)10(3,4)5;1-8(2)11-7-13(12)6-9(11)10(3,4)5;1-7(2)9-5-11-6-10(9)8(3)4/h2*10H,7-9H2,1-6H3;10H,7-9H2,1-6H3;10-11H,6-9H2,1-5H3;8,10H,6-7H2,1-5H3;9H,7-8H2,1-6H3;8-9H,6-7H2,1-5H3;8-9H,6-7H2,1-5H3;7-9H,5-6H2,1-4H3. The molecule has 10 aliphatic rings. The van der Waals surface area contributed by atoms with Crippen LogP contribution in [0.15, 0.2) is 0 Å². The number of hydrogen-bond donors (Lipinski definition) is 0. The van der Waals surface area contributed by atoms with Crippen LogP contribution in [0.2, 0.25) is 0 Å². The summed E-state index contributed by atoms with van der Waals surface area (Å²) in [6.07, 6.45) is 12.0. The van der Waals surface area contributed by atoms with Crippen LogP contribution in [0.1, 0.15) is 390 Å². The first kappa shape index (κ1) is 113. The predicted octanol–water partition coefficient (Wildman–Crippen LogP) is 23.2. The lowest BCUT2D eigenvalue weighted by Crippen LogP contribution is -2.68. The van der Waals surface area contributed by atoms with Gasteiger partial charge in [0.1, 0.15) is 11.7 Å². The number of nitrogens with zero attached hydrogens (tertiary/aromatic N) is 9. The average Bonchev–Trinajstić information content (AvgIpc) is 1.54. The maximum Gasteiger partial charge on any atom is 0.165 e. The maximum atomic E-state index is 11.6. The van der Waals surface area contributed by atoms with E-state index in [1.165, 1.54) is 89.2 Å². The number of thioether (sulfide) groups is 1. The smallest absolute Gasteiger partial charge is 0.165 e. The number of piperidine rings is 1. The van der Waals surface area contributed by atoms with Crippen LogP contribution in [0.5, 0.6) is 0 Å². The zero-order valence-corrected chi connectivity index (χ0v) is 89.7. The fourth-order valence-electron chi connectivity index (χ4n) is 19.9. The van der Waals surface area contributed by atoms with Gasteiger partial charge in [0.2, 0.25) is 0 Å². The second-order valence-corrected chi connectivity index (χ2v) is 56.5. The van der Waals surface area contributed by atoms with E-state index in [1.807, 2.05) is 0 Å². The fourth-order valence-corrected chi connectivity index (χ4v) is 25.7. The van der Waals surface area contributed by atoms with Crippen molar-refractivity contribution >= 4 is 38.2 Å². The number of carbonyl (C=O) groups is 1. The van der Waals surface area contributed by atoms with Crippen molar-refractivity contribution < 1.29 is 22.2 Å². The summed E-state index contributed by atoms with van der Waals surface area (Å²) in [4.78, 5) is 34.0. The third kappa shape index (κ3) is 35.7. The summed E-state index contributed by atoms with van der Waals surface area (Å²) in [7, 11) is -3.47. The van der Waals surface area contributed by atoms with E-state index in [-0.39, 0.29) is 33.7 Å². The average molecular weight is 1710 g/mol. The third-order valence-corrected chi connectivity index (χ3v) is 30.7. The molecule has 17 heteroatoms. The topological polar surface area (TPSA) is 107 Å². The second-order valence-electron chi connectivity index (χ2n) is 51.9. The van der Waals surface area contributed by atoms with Gasteiger partial charge in [-0.15, -0.1) is 11.8 Å². The lowest BCUT2D eigenvalue weighted by atomic mass is 9.68. The van der Waals surface area contributed by atoms with Gasteiger partial charge in [-0.05, 0) is 272 Å². The Balaban J connectivity index is 0.000000447. The van der Waals surface area contributed by atoms with E-state index < -0.39 is 20.6 Å². The summed E-state index contributed by atoms with van der Waals surface area (Å²) in [6.45, 7) is 118. The van der Waals surface area contributed by atoms with Gasteiger partial charge in [0.15, 0.2) is 9.84 Å². The number of hydrogen-bond acceptors (Lipinski definition) is 15. The Hall–Kier alpha value is -0.280. The normalized spacial score (nSPS) is 28.1. The van der Waals surface area contributed by atoms with Gasteiger partial charge in [0.05, 0.1) is 31.4 Å². The molecule has 0 bridgehead atoms. The molecule has 9 aliphatic heterocycles. The van der Waals surface area contributed by atoms with Gasteiger partial charge in [0.25, 0.3) is 0 Å². The van der Waals surface area contributed by atoms with Crippen molar-refractivity contribution in [2.75, 3.05) is 87.4 Å². The van der Waals surface area contributed by atoms with Gasteiger partial charge in [-0.2, -0.15) is 0 Å². The summed E-state index contributed by atoms with van der Waals surface area (Å²) in [5, 5.41) is 0. The number of morpholine rings is 1. The van der Waals surface area contributed by atoms with E-state index >= 15 is 0 Å². The highest BCUT2D eigenvalue weighted by Gasteiger charge is 2.65. The summed E-state index contributed by atoms with van der Waals surface area (Å²) in [6, 6.07) is 7.63. The summed E-state index contributed by atoms with van der Waals surface area (Å²) in [5.41, 5.74) is 4.52. The van der Waals surface area contributed by atoms with Crippen molar-refractivity contribution in [3.8, 4) is 0 Å². The summed E-state index contributed by atoms with van der Waals surface area (Å²) >= 11 is 2.07. The fraction of sp³-hybridized carbons (Fsp3) is 0.990. The molecule has 14 nitrogen and oxygen atoms in total. The van der Waals surface area contributed by atoms with E-state index in [1.54, 1.807) is 0 Å². The minimum absolute atomic E-state index is 0.0356. The van der Waals surface area contributed by atoms with Crippen LogP contribution in [0.4, 0.5) is 0 Å². The number of Topliss-reactive ketones (excluding diaryl/α,β-unsaturated/α-hetero) is 1. The zero-order valence-electron chi connectivity index (χ0n) is 87.2. The molecule has 0 amide bonds. The molecule has 0 aromatic heterocycles. The van der Waals surface area contributed by atoms with Gasteiger partial charge in [-0.3, -0.25) is 53.1 Å². The van der Waals surface area contributed by atoms with Crippen molar-refractivity contribution in [2.45, 2.75) is 496 Å². The Bertz CT molecular complexity index is 2880. The largest absolute Gasteiger partial charge is 0.378 e. The molecule has 0 aromatic rings. The van der Waals surface area contributed by atoms with Crippen LogP contribution < -0.4 is 0 Å². The van der Waals surface area contributed by atoms with Crippen LogP contribution in [-0.2, 0) is 30.2 Å². The Morgan fingerprint density at radius 1 is 0.410 bits per heavy atom. The Kier molecular flexibility index (Phi) is 42.1. The lowest BCUT2D eigenvalue weighted by Gasteiger charge is -2.60. The molecule has 117 heavy (non-hydrogen) atoms. The molecule has 698 valence electrons. The lowest BCUT2D eigenvalue weighted by molar-refractivity contribution is -0.119. The molecule has 10 fully saturated rings. The molecule has 1 saturated carbocycles. The van der Waals surface area contributed by atoms with Crippen LogP contribution >= 0.6 is 11.8 Å². The number of ether oxygens (including phenoxy) is 1. The molecule has 0 radical (unpaired) electrons. The molecule has 1 aliphatic carbocycles. The number of rotatable bonds is 6. The summed E-state index contributed by atoms with van der Waals surface area (Å²) in [5.74, 6) is 6.74. The second kappa shape index (κ2) is 43.7. The van der Waals surface area contributed by atoms with Gasteiger partial charge in [-0.25, -0.2) is 8.42 Å². The number of likely N-dealkylation sites (tertiary alicyclic amines) is 5. The Morgan fingerprint density at radius 3 is 1.11 bits per heavy atom. The highest BCUT2D eigenvalue weighted by molar-refractivity contribution is 7.99. The predicted molar refractivity (Wildman–Crippen MR) is 519 cm³/mol. The molecule has 10 atom stereocenters. The molecule has 0 aromatic carbocycles. The van der Waals surface area contributed by atoms with Crippen molar-refractivity contribution in [1.29, 1.82) is 0 Å². The number of sulfone groups is 1. The van der Waals surface area contributed by atoms with Crippen molar-refractivity contribution in [2.24, 2.45) is 55.2 Å². The van der Waals surface area contributed by atoms with E-state index in [0.717, 1.165) is 91.3 Å². The molecule has 0 N–H and O–H groups in total. The highest BCUT2D eigenvalue weighted by Crippen LogP contribution is 2.64. The molecule has 10 unspecified atom stereocenters. The minimum atomic E-state index is -2.85. The Morgan fingerprint density at radius 2 is 0.812 bits per heavy atom. The first-order valence-corrected chi connectivity index (χ1v) is 51.7. The third-order valence-electron chi connectivity index (χ3n) is 26.9. The van der Waals surface area contributed by atoms with E-state index in [4.69, 9.17) is 4.74 Å². The van der Waals surface area contributed by atoms with Crippen LogP contribution in [-0.4, -0.2) is 256 Å². The Labute approximate surface area is 738 Å². The van der Waals surface area contributed by atoms with Crippen LogP contribution in [0.3, 0.4) is 0 Å². The molecule has 9 saturated heterocycles. The zero-order chi connectivity index (χ0) is 91.7. The quantitative estimate of drug-likeness (QED) is 0.252. The maximum absolute atomic E-state index is 11.6. The van der Waals surface area contributed by atoms with Gasteiger partial charge < -0.3 is 4.74 Å². The molecule has 10 rings (SSSR count). The van der Waals surface area contributed by atoms with Gasteiger partial charge >= 0.3 is 0 Å². The molecule has 1 spiro atoms. The highest BCUT2D eigenvalue weighted by atomic mass is 32.2. The summed E-state index contributed by atoms with van der Waals surface area (Å²) < 4.78 is 40.2. The monoisotopic (exact) mass is 1710 g/mol. The molecular weight excluding hydrogens is 1500 g/mol. The number of ketones is 1. The van der Waals surface area contributed by atoms with Crippen LogP contribution in [0, 0.1) is 55.2 Å². The first-order valence-electron chi connectivity index (χ1n) is 47.3. The van der Waals surface area contributed by atoms with Gasteiger partial charge in [0, 0.05) is 160 Å². The van der Waals surface area contributed by atoms with E-state index in [9.17, 15) is 17.4 Å². The molecule has 9 heterocycles. The van der Waals surface area contributed by atoms with Crippen LogP contribution in [0.25, 0.3) is 0 Å². The first-order chi connectivity index (χ1) is 52.2. The van der Waals surface area contributed by atoms with E-state index in [0.29, 0.717) is 98.1 Å². The van der Waals surface area contributed by atoms with Gasteiger partial charge in [-0.1, -0.05) is 180 Å². The van der Waals surface area contributed by atoms with Crippen molar-refractivity contribution in [1.82, 2.24) is 44.1 Å². The molecular formula is C100H205N9O5S3. The minimum Gasteiger partial charge on any atom is -0.378 e. The SMILES string of the molecule is CC(C)(C)C1CCCN1C(C)(C)C.CC(C)(C)C1CCN1C(C)(C)C.CC(C)(C)C1COCCN1C(C)(C)C.CC(C)(C)C1N(C(C)(C)C)CC12CC2.CC(C)C1CCCCN1C(C)(C)C.CC(C)C1CSCN1C(C)C.CC(C)N1CC(=O)CC1C(C)(C)C.CC(C)N1CS(=O)(=O)CC1C(C)(C)C.CC(C)N1CS(=O)CC1C(C)(C)C. The van der Waals surface area contributed by atoms with Crippen molar-refractivity contribution in [3.63, 3.8) is 0 Å². The number of carbonyl (C=O) groups excluding carboxylic acids is 1. The van der Waals surface area contributed by atoms with Crippen molar-refractivity contribution in [3.05, 3.63) is 0 Å². The van der Waals surface area contributed by atoms with E-state index in [2.05, 4.69) is 388 Å².